The quantitative estimate of drug-likeness (QED) is 0.784. The van der Waals surface area contributed by atoms with Crippen molar-refractivity contribution in [3.05, 3.63) is 29.8 Å². The second kappa shape index (κ2) is 10.7. The van der Waals surface area contributed by atoms with Gasteiger partial charge in [-0.05, 0) is 25.8 Å². The molecule has 2 N–H and O–H groups in total. The van der Waals surface area contributed by atoms with Crippen LogP contribution in [0.15, 0.2) is 24.3 Å². The molecule has 6 nitrogen and oxygen atoms in total. The van der Waals surface area contributed by atoms with E-state index in [1.54, 1.807) is 14.0 Å². The van der Waals surface area contributed by atoms with Gasteiger partial charge in [0.25, 0.3) is 0 Å². The molecule has 1 aliphatic carbocycles. The lowest BCUT2D eigenvalue weighted by Gasteiger charge is -2.38. The van der Waals surface area contributed by atoms with Crippen molar-refractivity contribution in [2.75, 3.05) is 26.7 Å². The number of piperazine rings is 1. The van der Waals surface area contributed by atoms with Gasteiger partial charge >= 0.3 is 0 Å². The molecule has 0 radical (unpaired) electrons. The topological polar surface area (TPSA) is 70.7 Å². The number of rotatable bonds is 5. The monoisotopic (exact) mass is 409 g/mol. The van der Waals surface area contributed by atoms with E-state index in [9.17, 15) is 9.59 Å². The van der Waals surface area contributed by atoms with Gasteiger partial charge in [-0.25, -0.2) is 0 Å². The first kappa shape index (κ1) is 22.5. The number of methoxy groups -OCH3 is 1. The highest BCUT2D eigenvalue weighted by Crippen LogP contribution is 2.30. The number of para-hydroxylation sites is 1. The summed E-state index contributed by atoms with van der Waals surface area (Å²) in [6.07, 6.45) is 5.29. The summed E-state index contributed by atoms with van der Waals surface area (Å²) in [5.41, 5.74) is 0.992. The van der Waals surface area contributed by atoms with E-state index < -0.39 is 6.04 Å². The zero-order valence-electron chi connectivity index (χ0n) is 16.8. The number of nitrogens with one attached hydrogen (secondary N) is 2. The van der Waals surface area contributed by atoms with E-state index in [1.165, 1.54) is 6.42 Å². The number of halogens is 1. The molecule has 0 aromatic heterocycles. The first-order valence-electron chi connectivity index (χ1n) is 10.1. The smallest absolute Gasteiger partial charge is 0.245 e. The SMILES string of the molecule is COc1ccccc1C1CNCCN1C(=O)[C@H](C)NC(=O)C1CCCCC1.Cl. The Balaban J connectivity index is 0.00000280. The Labute approximate surface area is 173 Å². The molecular weight excluding hydrogens is 378 g/mol. The molecule has 1 unspecified atom stereocenters. The second-order valence-corrected chi connectivity index (χ2v) is 7.56. The van der Waals surface area contributed by atoms with Crippen molar-refractivity contribution in [2.24, 2.45) is 5.92 Å². The fourth-order valence-electron chi connectivity index (χ4n) is 4.19. The van der Waals surface area contributed by atoms with Gasteiger partial charge in [-0.2, -0.15) is 0 Å². The molecule has 1 saturated heterocycles. The largest absolute Gasteiger partial charge is 0.496 e. The molecular formula is C21H32ClN3O3. The number of hydrogen-bond donors (Lipinski definition) is 2. The van der Waals surface area contributed by atoms with Crippen LogP contribution in [-0.4, -0.2) is 49.5 Å². The van der Waals surface area contributed by atoms with Crippen molar-refractivity contribution in [1.82, 2.24) is 15.5 Å². The van der Waals surface area contributed by atoms with Crippen LogP contribution < -0.4 is 15.4 Å². The number of benzene rings is 1. The Morgan fingerprint density at radius 2 is 1.93 bits per heavy atom. The average Bonchev–Trinajstić information content (AvgIpc) is 2.73. The Hall–Kier alpha value is -1.79. The van der Waals surface area contributed by atoms with E-state index in [-0.39, 0.29) is 36.2 Å². The Bertz CT molecular complexity index is 664. The average molecular weight is 410 g/mol. The van der Waals surface area contributed by atoms with Gasteiger partial charge in [-0.15, -0.1) is 12.4 Å². The summed E-state index contributed by atoms with van der Waals surface area (Å²) in [6, 6.07) is 7.19. The van der Waals surface area contributed by atoms with Gasteiger partial charge in [0.15, 0.2) is 0 Å². The minimum Gasteiger partial charge on any atom is -0.496 e. The molecule has 28 heavy (non-hydrogen) atoms. The van der Waals surface area contributed by atoms with Gasteiger partial charge in [-0.3, -0.25) is 9.59 Å². The molecule has 0 bridgehead atoms. The standard InChI is InChI=1S/C21H31N3O3.ClH/c1-15(23-20(25)16-8-4-3-5-9-16)21(26)24-13-12-22-14-18(24)17-10-6-7-11-19(17)27-2;/h6-7,10-11,15-16,18,22H,3-5,8-9,12-14H2,1-2H3,(H,23,25);1H/t15-,18?;/m0./s1. The minimum absolute atomic E-state index is 0. The van der Waals surface area contributed by atoms with Crippen molar-refractivity contribution in [3.63, 3.8) is 0 Å². The number of nitrogens with zero attached hydrogens (tertiary/aromatic N) is 1. The lowest BCUT2D eigenvalue weighted by molar-refractivity contribution is -0.139. The first-order valence-corrected chi connectivity index (χ1v) is 10.1. The lowest BCUT2D eigenvalue weighted by atomic mass is 9.88. The van der Waals surface area contributed by atoms with Gasteiger partial charge in [-0.1, -0.05) is 37.5 Å². The van der Waals surface area contributed by atoms with Gasteiger partial charge in [0.05, 0.1) is 13.2 Å². The zero-order chi connectivity index (χ0) is 19.2. The maximum Gasteiger partial charge on any atom is 0.245 e. The summed E-state index contributed by atoms with van der Waals surface area (Å²) in [7, 11) is 1.65. The van der Waals surface area contributed by atoms with Crippen molar-refractivity contribution in [1.29, 1.82) is 0 Å². The molecule has 2 amide bonds. The number of carbonyl (C=O) groups excluding carboxylic acids is 2. The third-order valence-corrected chi connectivity index (χ3v) is 5.73. The Morgan fingerprint density at radius 1 is 1.21 bits per heavy atom. The number of carbonyl (C=O) groups is 2. The molecule has 2 aliphatic rings. The molecule has 0 spiro atoms. The first-order chi connectivity index (χ1) is 13.1. The van der Waals surface area contributed by atoms with Crippen LogP contribution in [0.4, 0.5) is 0 Å². The highest BCUT2D eigenvalue weighted by Gasteiger charge is 2.33. The van der Waals surface area contributed by atoms with Crippen LogP contribution in [0.1, 0.15) is 50.6 Å². The maximum atomic E-state index is 13.1. The predicted molar refractivity (Wildman–Crippen MR) is 112 cm³/mol. The second-order valence-electron chi connectivity index (χ2n) is 7.56. The molecule has 156 valence electrons. The lowest BCUT2D eigenvalue weighted by Crippen LogP contribution is -2.55. The third-order valence-electron chi connectivity index (χ3n) is 5.73. The number of amides is 2. The van der Waals surface area contributed by atoms with E-state index in [0.29, 0.717) is 13.1 Å². The van der Waals surface area contributed by atoms with Crippen molar-refractivity contribution < 1.29 is 14.3 Å². The number of hydrogen-bond acceptors (Lipinski definition) is 4. The highest BCUT2D eigenvalue weighted by atomic mass is 35.5. The van der Waals surface area contributed by atoms with Crippen LogP contribution in [0.5, 0.6) is 5.75 Å². The van der Waals surface area contributed by atoms with Crippen LogP contribution in [0.25, 0.3) is 0 Å². The molecule has 1 saturated carbocycles. The Kier molecular flexibility index (Phi) is 8.58. The van der Waals surface area contributed by atoms with Gasteiger partial charge in [0, 0.05) is 31.1 Å². The minimum atomic E-state index is -0.519. The molecule has 7 heteroatoms. The summed E-state index contributed by atoms with van der Waals surface area (Å²) in [4.78, 5) is 27.6. The van der Waals surface area contributed by atoms with E-state index in [4.69, 9.17) is 4.74 Å². The van der Waals surface area contributed by atoms with Crippen molar-refractivity contribution in [2.45, 2.75) is 51.1 Å². The summed E-state index contributed by atoms with van der Waals surface area (Å²) in [5, 5.41) is 6.33. The van der Waals surface area contributed by atoms with Gasteiger partial charge in [0.2, 0.25) is 11.8 Å². The molecule has 1 heterocycles. The molecule has 1 aromatic rings. The molecule has 1 aromatic carbocycles. The van der Waals surface area contributed by atoms with Crippen LogP contribution in [-0.2, 0) is 9.59 Å². The van der Waals surface area contributed by atoms with E-state index >= 15 is 0 Å². The van der Waals surface area contributed by atoms with E-state index in [1.807, 2.05) is 29.2 Å². The Morgan fingerprint density at radius 3 is 2.64 bits per heavy atom. The molecule has 1 aliphatic heterocycles. The van der Waals surface area contributed by atoms with Crippen LogP contribution in [0, 0.1) is 5.92 Å². The predicted octanol–water partition coefficient (Wildman–Crippen LogP) is 2.67. The van der Waals surface area contributed by atoms with Crippen LogP contribution >= 0.6 is 12.4 Å². The van der Waals surface area contributed by atoms with Crippen molar-refractivity contribution >= 4 is 24.2 Å². The fraction of sp³-hybridized carbons (Fsp3) is 0.619. The van der Waals surface area contributed by atoms with Gasteiger partial charge < -0.3 is 20.3 Å². The summed E-state index contributed by atoms with van der Waals surface area (Å²) in [5.74, 6) is 0.834. The molecule has 2 atom stereocenters. The molecule has 2 fully saturated rings. The summed E-state index contributed by atoms with van der Waals surface area (Å²) in [6.45, 7) is 3.84. The highest BCUT2D eigenvalue weighted by molar-refractivity contribution is 5.88. The van der Waals surface area contributed by atoms with Gasteiger partial charge in [0.1, 0.15) is 11.8 Å². The molecule has 3 rings (SSSR count). The number of ether oxygens (including phenoxy) is 1. The normalized spacial score (nSPS) is 21.4. The van der Waals surface area contributed by atoms with E-state index in [2.05, 4.69) is 10.6 Å². The van der Waals surface area contributed by atoms with Crippen molar-refractivity contribution in [3.8, 4) is 5.75 Å². The fourth-order valence-corrected chi connectivity index (χ4v) is 4.19. The zero-order valence-corrected chi connectivity index (χ0v) is 17.6. The third kappa shape index (κ3) is 5.17. The van der Waals surface area contributed by atoms with Crippen LogP contribution in [0.2, 0.25) is 0 Å². The van der Waals surface area contributed by atoms with Crippen LogP contribution in [0.3, 0.4) is 0 Å². The summed E-state index contributed by atoms with van der Waals surface area (Å²) >= 11 is 0. The maximum absolute atomic E-state index is 13.1. The van der Waals surface area contributed by atoms with E-state index in [0.717, 1.165) is 43.5 Å². The summed E-state index contributed by atoms with van der Waals surface area (Å²) < 4.78 is 5.50.